The molecule has 1 N–H and O–H groups in total. The van der Waals surface area contributed by atoms with Crippen LogP contribution in [0.2, 0.25) is 0 Å². The molecule has 6 rings (SSSR count). The number of piperidine rings is 4. The predicted molar refractivity (Wildman–Crippen MR) is 136 cm³/mol. The van der Waals surface area contributed by atoms with E-state index in [9.17, 15) is 9.59 Å². The summed E-state index contributed by atoms with van der Waals surface area (Å²) in [7, 11) is 1.44. The molecule has 8 heteroatoms. The van der Waals surface area contributed by atoms with Crippen LogP contribution in [0.25, 0.3) is 11.3 Å². The zero-order valence-electron chi connectivity index (χ0n) is 22.1. The SMILES string of the molecule is COC(=O)C1CCN(C(=O)[C@H]2C[NH+]3CC[C@@H]2C[C@@H]3Cn2cc(-c3ccc(C(C)(C)C)cc3)nn2)CC1. The average molecular weight is 495 g/mol. The van der Waals surface area contributed by atoms with Gasteiger partial charge in [0.05, 0.1) is 44.8 Å². The lowest BCUT2D eigenvalue weighted by atomic mass is 9.74. The summed E-state index contributed by atoms with van der Waals surface area (Å²) in [5.41, 5.74) is 3.44. The number of ether oxygens (including phenoxy) is 1. The van der Waals surface area contributed by atoms with Crippen molar-refractivity contribution in [2.24, 2.45) is 17.8 Å². The van der Waals surface area contributed by atoms with Gasteiger partial charge < -0.3 is 14.5 Å². The molecule has 2 aromatic rings. The Kier molecular flexibility index (Phi) is 6.90. The molecule has 4 fully saturated rings. The van der Waals surface area contributed by atoms with Gasteiger partial charge in [0.1, 0.15) is 11.7 Å². The van der Waals surface area contributed by atoms with Crippen LogP contribution in [0, 0.1) is 17.8 Å². The number of amides is 1. The minimum Gasteiger partial charge on any atom is -0.469 e. The van der Waals surface area contributed by atoms with E-state index in [4.69, 9.17) is 4.74 Å². The highest BCUT2D eigenvalue weighted by molar-refractivity contribution is 5.80. The van der Waals surface area contributed by atoms with Crippen molar-refractivity contribution >= 4 is 11.9 Å². The first-order chi connectivity index (χ1) is 17.2. The van der Waals surface area contributed by atoms with Gasteiger partial charge in [-0.1, -0.05) is 50.3 Å². The number of rotatable bonds is 5. The van der Waals surface area contributed by atoms with Crippen molar-refractivity contribution in [1.29, 1.82) is 0 Å². The van der Waals surface area contributed by atoms with E-state index in [1.165, 1.54) is 17.6 Å². The number of hydrogen-bond donors (Lipinski definition) is 1. The van der Waals surface area contributed by atoms with Crippen molar-refractivity contribution < 1.29 is 19.2 Å². The zero-order chi connectivity index (χ0) is 25.4. The summed E-state index contributed by atoms with van der Waals surface area (Å²) in [5, 5.41) is 8.88. The van der Waals surface area contributed by atoms with Crippen molar-refractivity contribution in [3.63, 3.8) is 0 Å². The fourth-order valence-corrected chi connectivity index (χ4v) is 6.42. The van der Waals surface area contributed by atoms with E-state index in [1.54, 1.807) is 0 Å². The first-order valence-electron chi connectivity index (χ1n) is 13.4. The third-order valence-electron chi connectivity index (χ3n) is 8.70. The highest BCUT2D eigenvalue weighted by Gasteiger charge is 2.48. The molecule has 0 spiro atoms. The van der Waals surface area contributed by atoms with Crippen LogP contribution in [0.3, 0.4) is 0 Å². The van der Waals surface area contributed by atoms with Crippen molar-refractivity contribution in [2.45, 2.75) is 64.5 Å². The van der Waals surface area contributed by atoms with Gasteiger partial charge in [0.15, 0.2) is 0 Å². The minimum absolute atomic E-state index is 0.0652. The van der Waals surface area contributed by atoms with Crippen molar-refractivity contribution in [3.8, 4) is 11.3 Å². The molecule has 0 saturated carbocycles. The highest BCUT2D eigenvalue weighted by Crippen LogP contribution is 2.31. The second kappa shape index (κ2) is 9.96. The Morgan fingerprint density at radius 3 is 2.44 bits per heavy atom. The Hall–Kier alpha value is -2.74. The normalized spacial score (nSPS) is 26.7. The molecule has 1 aromatic heterocycles. The highest BCUT2D eigenvalue weighted by atomic mass is 16.5. The Labute approximate surface area is 214 Å². The van der Waals surface area contributed by atoms with Crippen molar-refractivity contribution in [1.82, 2.24) is 19.9 Å². The molecule has 0 radical (unpaired) electrons. The largest absolute Gasteiger partial charge is 0.469 e. The van der Waals surface area contributed by atoms with E-state index in [-0.39, 0.29) is 23.2 Å². The summed E-state index contributed by atoms with van der Waals surface area (Å²) in [6.45, 7) is 10.9. The summed E-state index contributed by atoms with van der Waals surface area (Å²) in [5.74, 6) is 0.624. The van der Waals surface area contributed by atoms with E-state index in [0.29, 0.717) is 43.8 Å². The monoisotopic (exact) mass is 494 g/mol. The maximum absolute atomic E-state index is 13.4. The first-order valence-corrected chi connectivity index (χ1v) is 13.4. The maximum Gasteiger partial charge on any atom is 0.308 e. The topological polar surface area (TPSA) is 81.8 Å². The molecule has 4 aliphatic rings. The van der Waals surface area contributed by atoms with Gasteiger partial charge >= 0.3 is 5.97 Å². The minimum atomic E-state index is -0.143. The summed E-state index contributed by atoms with van der Waals surface area (Å²) in [6, 6.07) is 9.10. The van der Waals surface area contributed by atoms with Crippen LogP contribution in [-0.2, 0) is 26.3 Å². The fraction of sp³-hybridized carbons (Fsp3) is 0.643. The lowest BCUT2D eigenvalue weighted by Crippen LogP contribution is -3.20. The van der Waals surface area contributed by atoms with Gasteiger partial charge in [-0.3, -0.25) is 9.59 Å². The molecule has 1 aromatic carbocycles. The molecule has 2 bridgehead atoms. The molecule has 4 aliphatic heterocycles. The summed E-state index contributed by atoms with van der Waals surface area (Å²) in [4.78, 5) is 28.7. The summed E-state index contributed by atoms with van der Waals surface area (Å²) < 4.78 is 6.87. The molecule has 0 aliphatic carbocycles. The molecule has 1 amide bonds. The second-order valence-corrected chi connectivity index (χ2v) is 12.0. The Bertz CT molecular complexity index is 1080. The van der Waals surface area contributed by atoms with Gasteiger partial charge in [0, 0.05) is 31.5 Å². The first kappa shape index (κ1) is 24.9. The molecule has 1 unspecified atom stereocenters. The molecule has 8 nitrogen and oxygen atoms in total. The Morgan fingerprint density at radius 1 is 1.11 bits per heavy atom. The van der Waals surface area contributed by atoms with Crippen LogP contribution in [0.4, 0.5) is 0 Å². The van der Waals surface area contributed by atoms with E-state index in [1.807, 2.05) is 9.58 Å². The van der Waals surface area contributed by atoms with Gasteiger partial charge in [-0.2, -0.15) is 0 Å². The molecule has 5 heterocycles. The number of esters is 1. The van der Waals surface area contributed by atoms with Crippen LogP contribution in [0.5, 0.6) is 0 Å². The van der Waals surface area contributed by atoms with E-state index in [0.717, 1.165) is 43.7 Å². The summed E-state index contributed by atoms with van der Waals surface area (Å²) >= 11 is 0. The van der Waals surface area contributed by atoms with Gasteiger partial charge in [-0.25, -0.2) is 4.68 Å². The quantitative estimate of drug-likeness (QED) is 0.643. The summed E-state index contributed by atoms with van der Waals surface area (Å²) in [6.07, 6.45) is 5.65. The number of hydrogen-bond acceptors (Lipinski definition) is 5. The smallest absolute Gasteiger partial charge is 0.308 e. The van der Waals surface area contributed by atoms with Gasteiger partial charge in [-0.05, 0) is 29.7 Å². The number of nitrogens with zero attached hydrogens (tertiary/aromatic N) is 4. The third kappa shape index (κ3) is 5.05. The number of benzene rings is 1. The van der Waals surface area contributed by atoms with E-state index >= 15 is 0 Å². The van der Waals surface area contributed by atoms with Gasteiger partial charge in [0.2, 0.25) is 5.91 Å². The Morgan fingerprint density at radius 2 is 1.83 bits per heavy atom. The molecule has 194 valence electrons. The maximum atomic E-state index is 13.4. The number of quaternary nitrogens is 1. The van der Waals surface area contributed by atoms with Crippen molar-refractivity contribution in [3.05, 3.63) is 36.0 Å². The molecule has 4 atom stereocenters. The average Bonchev–Trinajstić information content (AvgIpc) is 3.36. The number of fused-ring (bicyclic) bond motifs is 3. The molecule has 4 saturated heterocycles. The fourth-order valence-electron chi connectivity index (χ4n) is 6.42. The van der Waals surface area contributed by atoms with Gasteiger partial charge in [-0.15, -0.1) is 5.10 Å². The molecular weight excluding hydrogens is 454 g/mol. The molecular formula is C28H40N5O3+. The third-order valence-corrected chi connectivity index (χ3v) is 8.70. The predicted octanol–water partition coefficient (Wildman–Crippen LogP) is 1.95. The lowest BCUT2D eigenvalue weighted by Gasteiger charge is -2.47. The number of methoxy groups -OCH3 is 1. The van der Waals surface area contributed by atoms with Crippen LogP contribution < -0.4 is 4.90 Å². The molecule has 36 heavy (non-hydrogen) atoms. The van der Waals surface area contributed by atoms with Crippen LogP contribution in [0.1, 0.15) is 52.0 Å². The Balaban J connectivity index is 1.17. The van der Waals surface area contributed by atoms with E-state index in [2.05, 4.69) is 61.5 Å². The number of likely N-dealkylation sites (tertiary alicyclic amines) is 1. The number of aromatic nitrogens is 3. The van der Waals surface area contributed by atoms with E-state index < -0.39 is 0 Å². The van der Waals surface area contributed by atoms with Crippen LogP contribution in [-0.4, -0.2) is 71.1 Å². The number of carbonyl (C=O) groups is 2. The van der Waals surface area contributed by atoms with Crippen LogP contribution in [0.15, 0.2) is 30.5 Å². The zero-order valence-corrected chi connectivity index (χ0v) is 22.1. The number of nitrogens with one attached hydrogen (secondary N) is 1. The van der Waals surface area contributed by atoms with Gasteiger partial charge in [0.25, 0.3) is 0 Å². The number of carbonyl (C=O) groups excluding carboxylic acids is 2. The second-order valence-electron chi connectivity index (χ2n) is 12.0. The lowest BCUT2D eigenvalue weighted by molar-refractivity contribution is -0.945. The van der Waals surface area contributed by atoms with Crippen LogP contribution >= 0.6 is 0 Å². The standard InChI is InChI=1S/C28H39N5O3/c1-28(2,3)22-7-5-19(6-8-22)25-18-33(30-29-25)16-23-15-21-11-14-32(23)17-24(21)26(34)31-12-9-20(10-13-31)27(35)36-4/h5-8,18,20-21,23-24H,9-17H2,1-4H3/p+1/t21-,23-,24+/m1/s1. The van der Waals surface area contributed by atoms with Crippen molar-refractivity contribution in [2.75, 3.05) is 33.3 Å².